The molecule has 7 heteroatoms. The van der Waals surface area contributed by atoms with Crippen LogP contribution in [0, 0.1) is 5.92 Å². The van der Waals surface area contributed by atoms with Crippen molar-refractivity contribution in [3.63, 3.8) is 0 Å². The highest BCUT2D eigenvalue weighted by Gasteiger charge is 2.46. The third-order valence-electron chi connectivity index (χ3n) is 6.69. The molecule has 32 heavy (non-hydrogen) atoms. The van der Waals surface area contributed by atoms with Gasteiger partial charge in [0.05, 0.1) is 25.6 Å². The highest BCUT2D eigenvalue weighted by Crippen LogP contribution is 2.38. The molecule has 2 aliphatic rings. The summed E-state index contributed by atoms with van der Waals surface area (Å²) in [6, 6.07) is 16.9. The second-order valence-electron chi connectivity index (χ2n) is 8.37. The van der Waals surface area contributed by atoms with Crippen LogP contribution in [0.4, 0.5) is 5.69 Å². The Morgan fingerprint density at radius 1 is 0.969 bits per heavy atom. The summed E-state index contributed by atoms with van der Waals surface area (Å²) >= 11 is 0. The van der Waals surface area contributed by atoms with Crippen molar-refractivity contribution < 1.29 is 23.9 Å². The summed E-state index contributed by atoms with van der Waals surface area (Å²) in [7, 11) is 3.00. The van der Waals surface area contributed by atoms with Gasteiger partial charge in [0.2, 0.25) is 11.8 Å². The minimum absolute atomic E-state index is 0.0270. The number of rotatable bonds is 5. The number of hydrogen-bond acceptors (Lipinski definition) is 5. The molecule has 2 aromatic rings. The molecule has 2 saturated heterocycles. The molecule has 1 unspecified atom stereocenters. The maximum atomic E-state index is 13.2. The smallest absolute Gasteiger partial charge is 0.316 e. The molecular weight excluding hydrogens is 408 g/mol. The van der Waals surface area contributed by atoms with Crippen LogP contribution in [-0.2, 0) is 24.5 Å². The lowest BCUT2D eigenvalue weighted by Crippen LogP contribution is -2.51. The third-order valence-corrected chi connectivity index (χ3v) is 6.69. The number of piperidine rings is 1. The third kappa shape index (κ3) is 3.95. The molecule has 0 N–H and O–H groups in total. The predicted octanol–water partition coefficient (Wildman–Crippen LogP) is 2.78. The van der Waals surface area contributed by atoms with Crippen LogP contribution in [0.3, 0.4) is 0 Å². The van der Waals surface area contributed by atoms with Crippen LogP contribution >= 0.6 is 0 Å². The minimum Gasteiger partial charge on any atom is -0.497 e. The Balaban J connectivity index is 1.44. The van der Waals surface area contributed by atoms with Crippen molar-refractivity contribution in [2.45, 2.75) is 24.7 Å². The first kappa shape index (κ1) is 21.9. The molecule has 0 bridgehead atoms. The van der Waals surface area contributed by atoms with Crippen LogP contribution in [0.2, 0.25) is 0 Å². The van der Waals surface area contributed by atoms with Crippen molar-refractivity contribution in [1.82, 2.24) is 4.90 Å². The first-order valence-electron chi connectivity index (χ1n) is 10.9. The van der Waals surface area contributed by atoms with Crippen molar-refractivity contribution in [3.8, 4) is 5.75 Å². The number of benzene rings is 2. The Bertz CT molecular complexity index is 981. The zero-order valence-corrected chi connectivity index (χ0v) is 18.5. The van der Waals surface area contributed by atoms with Gasteiger partial charge in [0.1, 0.15) is 5.75 Å². The maximum absolute atomic E-state index is 13.2. The zero-order chi connectivity index (χ0) is 22.7. The quantitative estimate of drug-likeness (QED) is 0.674. The molecular formula is C25H28N2O5. The Kier molecular flexibility index (Phi) is 6.17. The normalized spacial score (nSPS) is 20.2. The van der Waals surface area contributed by atoms with E-state index in [1.54, 1.807) is 29.0 Å². The van der Waals surface area contributed by atoms with Gasteiger partial charge in [0.15, 0.2) is 0 Å². The van der Waals surface area contributed by atoms with Crippen molar-refractivity contribution in [1.29, 1.82) is 0 Å². The van der Waals surface area contributed by atoms with Crippen LogP contribution in [-0.4, -0.2) is 56.5 Å². The lowest BCUT2D eigenvalue weighted by atomic mass is 9.72. The molecule has 4 rings (SSSR count). The molecule has 0 spiro atoms. The lowest BCUT2D eigenvalue weighted by Gasteiger charge is -2.40. The molecule has 2 aromatic carbocycles. The number of hydrogen-bond donors (Lipinski definition) is 0. The molecule has 2 amide bonds. The number of carbonyl (C=O) groups excluding carboxylic acids is 3. The molecule has 2 heterocycles. The van der Waals surface area contributed by atoms with Gasteiger partial charge in [-0.2, -0.15) is 0 Å². The summed E-state index contributed by atoms with van der Waals surface area (Å²) in [4.78, 5) is 42.0. The minimum atomic E-state index is -0.743. The predicted molar refractivity (Wildman–Crippen MR) is 119 cm³/mol. The Morgan fingerprint density at radius 3 is 2.22 bits per heavy atom. The standard InChI is InChI=1S/C25H28N2O5/c1-31-21-10-8-20(9-11-21)27-17-18(16-22(27)28)23(29)26-14-12-25(13-15-26,24(30)32-2)19-6-4-3-5-7-19/h3-11,18H,12-17H2,1-2H3. The molecule has 0 aliphatic carbocycles. The monoisotopic (exact) mass is 436 g/mol. The fourth-order valence-electron chi connectivity index (χ4n) is 4.81. The molecule has 7 nitrogen and oxygen atoms in total. The van der Waals surface area contributed by atoms with Crippen molar-refractivity contribution in [2.24, 2.45) is 5.92 Å². The van der Waals surface area contributed by atoms with Gasteiger partial charge in [0, 0.05) is 31.7 Å². The van der Waals surface area contributed by atoms with Crippen LogP contribution < -0.4 is 9.64 Å². The second-order valence-corrected chi connectivity index (χ2v) is 8.37. The second kappa shape index (κ2) is 9.02. The molecule has 0 aromatic heterocycles. The van der Waals surface area contributed by atoms with E-state index in [0.717, 1.165) is 11.3 Å². The number of nitrogens with zero attached hydrogens (tertiary/aromatic N) is 2. The molecule has 168 valence electrons. The van der Waals surface area contributed by atoms with E-state index < -0.39 is 5.41 Å². The highest BCUT2D eigenvalue weighted by molar-refractivity contribution is 6.00. The maximum Gasteiger partial charge on any atom is 0.316 e. The van der Waals surface area contributed by atoms with Gasteiger partial charge in [-0.25, -0.2) is 0 Å². The van der Waals surface area contributed by atoms with Gasteiger partial charge < -0.3 is 19.3 Å². The van der Waals surface area contributed by atoms with Crippen LogP contribution in [0.25, 0.3) is 0 Å². The molecule has 1 atom stereocenters. The SMILES string of the molecule is COC(=O)C1(c2ccccc2)CCN(C(=O)C2CC(=O)N(c3ccc(OC)cc3)C2)CC1. The average molecular weight is 437 g/mol. The van der Waals surface area contributed by atoms with Gasteiger partial charge >= 0.3 is 5.97 Å². The molecule has 0 saturated carbocycles. The van der Waals surface area contributed by atoms with Gasteiger partial charge in [-0.1, -0.05) is 30.3 Å². The molecule has 2 aliphatic heterocycles. The van der Waals surface area contributed by atoms with Gasteiger partial charge in [0.25, 0.3) is 0 Å². The lowest BCUT2D eigenvalue weighted by molar-refractivity contribution is -0.152. The van der Waals surface area contributed by atoms with E-state index in [4.69, 9.17) is 9.47 Å². The van der Waals surface area contributed by atoms with Crippen LogP contribution in [0.5, 0.6) is 5.75 Å². The Morgan fingerprint density at radius 2 is 1.62 bits per heavy atom. The summed E-state index contributed by atoms with van der Waals surface area (Å²) in [5.74, 6) is -0.0158. The van der Waals surface area contributed by atoms with Gasteiger partial charge in [-0.15, -0.1) is 0 Å². The number of carbonyl (C=O) groups is 3. The van der Waals surface area contributed by atoms with Gasteiger partial charge in [-0.3, -0.25) is 14.4 Å². The summed E-state index contributed by atoms with van der Waals surface area (Å²) < 4.78 is 10.3. The number of anilines is 1. The summed E-state index contributed by atoms with van der Waals surface area (Å²) in [6.45, 7) is 1.27. The first-order valence-corrected chi connectivity index (χ1v) is 10.9. The number of likely N-dealkylation sites (tertiary alicyclic amines) is 1. The summed E-state index contributed by atoms with van der Waals surface area (Å²) in [5, 5.41) is 0. The van der Waals surface area contributed by atoms with E-state index in [1.807, 2.05) is 42.5 Å². The molecule has 0 radical (unpaired) electrons. The van der Waals surface area contributed by atoms with E-state index in [0.29, 0.717) is 38.2 Å². The zero-order valence-electron chi connectivity index (χ0n) is 18.5. The van der Waals surface area contributed by atoms with E-state index in [2.05, 4.69) is 0 Å². The van der Waals surface area contributed by atoms with Crippen LogP contribution in [0.15, 0.2) is 54.6 Å². The highest BCUT2D eigenvalue weighted by atomic mass is 16.5. The van der Waals surface area contributed by atoms with E-state index in [9.17, 15) is 14.4 Å². The first-order chi connectivity index (χ1) is 15.5. The van der Waals surface area contributed by atoms with E-state index >= 15 is 0 Å². The molecule has 2 fully saturated rings. The summed E-state index contributed by atoms with van der Waals surface area (Å²) in [5.41, 5.74) is 0.937. The largest absolute Gasteiger partial charge is 0.497 e. The topological polar surface area (TPSA) is 76.2 Å². The number of esters is 1. The number of amides is 2. The fraction of sp³-hybridized carbons (Fsp3) is 0.400. The fourth-order valence-corrected chi connectivity index (χ4v) is 4.81. The van der Waals surface area contributed by atoms with E-state index in [1.165, 1.54) is 7.11 Å². The Hall–Kier alpha value is -3.35. The number of ether oxygens (including phenoxy) is 2. The average Bonchev–Trinajstić information content (AvgIpc) is 3.25. The van der Waals surface area contributed by atoms with Crippen molar-refractivity contribution >= 4 is 23.5 Å². The van der Waals surface area contributed by atoms with Crippen LogP contribution in [0.1, 0.15) is 24.8 Å². The Labute approximate surface area is 187 Å². The number of methoxy groups -OCH3 is 2. The summed E-state index contributed by atoms with van der Waals surface area (Å²) in [6.07, 6.45) is 1.19. The van der Waals surface area contributed by atoms with E-state index in [-0.39, 0.29) is 30.1 Å². The van der Waals surface area contributed by atoms with Crippen molar-refractivity contribution in [3.05, 3.63) is 60.2 Å². The van der Waals surface area contributed by atoms with Crippen molar-refractivity contribution in [2.75, 3.05) is 38.8 Å². The van der Waals surface area contributed by atoms with Gasteiger partial charge in [-0.05, 0) is 42.7 Å².